The zero-order chi connectivity index (χ0) is 12.4. The van der Waals surface area contributed by atoms with Crippen molar-refractivity contribution in [2.75, 3.05) is 13.4 Å². The van der Waals surface area contributed by atoms with E-state index in [0.29, 0.717) is 17.1 Å². The van der Waals surface area contributed by atoms with E-state index in [4.69, 9.17) is 20.3 Å². The third kappa shape index (κ3) is 2.32. The molecule has 0 spiro atoms. The molecule has 0 aromatic heterocycles. The lowest BCUT2D eigenvalue weighted by Gasteiger charge is -2.16. The molecule has 0 saturated carbocycles. The molecule has 0 bridgehead atoms. The van der Waals surface area contributed by atoms with Crippen LogP contribution in [0.2, 0.25) is 0 Å². The van der Waals surface area contributed by atoms with Crippen LogP contribution >= 0.6 is 0 Å². The lowest BCUT2D eigenvalue weighted by Crippen LogP contribution is -2.14. The van der Waals surface area contributed by atoms with Crippen LogP contribution < -0.4 is 15.2 Å². The van der Waals surface area contributed by atoms with Crippen LogP contribution in [0.4, 0.5) is 8.78 Å². The monoisotopic (exact) mass is 245 g/mol. The predicted octanol–water partition coefficient (Wildman–Crippen LogP) is 1.74. The average Bonchev–Trinajstić information content (AvgIpc) is 2.74. The number of ether oxygens (including phenoxy) is 2. The zero-order valence-electron chi connectivity index (χ0n) is 9.03. The van der Waals surface area contributed by atoms with E-state index in [9.17, 15) is 8.78 Å². The van der Waals surface area contributed by atoms with Crippen LogP contribution in [-0.4, -0.2) is 18.5 Å². The molecule has 1 atom stereocenters. The second kappa shape index (κ2) is 4.85. The molecule has 1 aliphatic heterocycles. The minimum atomic E-state index is -2.63. The van der Waals surface area contributed by atoms with Gasteiger partial charge >= 0.3 is 0 Å². The SMILES string of the molecule is NC(CCO)c1cc2c(cc1C(F)F)OCO2. The molecule has 3 N–H and O–H groups in total. The summed E-state index contributed by atoms with van der Waals surface area (Å²) in [6.45, 7) is -0.130. The standard InChI is InChI=1S/C11H13F2NO3/c12-11(13)7-4-10-9(16-5-17-10)3-6(7)8(14)1-2-15/h3-4,8,11,15H,1-2,5,14H2. The summed E-state index contributed by atoms with van der Waals surface area (Å²) < 4.78 is 35.9. The van der Waals surface area contributed by atoms with E-state index in [0.717, 1.165) is 0 Å². The highest BCUT2D eigenvalue weighted by Crippen LogP contribution is 2.40. The Bertz CT molecular complexity index is 412. The molecule has 0 aliphatic carbocycles. The Balaban J connectivity index is 2.41. The lowest BCUT2D eigenvalue weighted by molar-refractivity contribution is 0.148. The van der Waals surface area contributed by atoms with Crippen LogP contribution in [0.15, 0.2) is 12.1 Å². The predicted molar refractivity (Wildman–Crippen MR) is 56.2 cm³/mol. The smallest absolute Gasteiger partial charge is 0.264 e. The number of halogens is 2. The topological polar surface area (TPSA) is 64.7 Å². The minimum absolute atomic E-state index is 0.0245. The summed E-state index contributed by atoms with van der Waals surface area (Å²) in [5.74, 6) is 0.720. The molecule has 1 aliphatic rings. The largest absolute Gasteiger partial charge is 0.454 e. The Kier molecular flexibility index (Phi) is 3.44. The molecule has 1 heterocycles. The maximum absolute atomic E-state index is 12.9. The fourth-order valence-electron chi connectivity index (χ4n) is 1.78. The molecule has 0 amide bonds. The molecule has 0 saturated heterocycles. The van der Waals surface area contributed by atoms with Crippen molar-refractivity contribution < 1.29 is 23.4 Å². The van der Waals surface area contributed by atoms with Crippen molar-refractivity contribution in [3.63, 3.8) is 0 Å². The molecule has 6 heteroatoms. The maximum atomic E-state index is 12.9. The van der Waals surface area contributed by atoms with Crippen molar-refractivity contribution in [3.8, 4) is 11.5 Å². The first kappa shape index (κ1) is 12.1. The molecular formula is C11H13F2NO3. The zero-order valence-corrected chi connectivity index (χ0v) is 9.03. The van der Waals surface area contributed by atoms with Gasteiger partial charge in [0.1, 0.15) is 0 Å². The molecule has 0 fully saturated rings. The summed E-state index contributed by atoms with van der Waals surface area (Å²) >= 11 is 0. The summed E-state index contributed by atoms with van der Waals surface area (Å²) in [5.41, 5.74) is 5.87. The first-order chi connectivity index (χ1) is 8.13. The van der Waals surface area contributed by atoms with Crippen molar-refractivity contribution in [1.29, 1.82) is 0 Å². The number of nitrogens with two attached hydrogens (primary N) is 1. The number of aliphatic hydroxyl groups excluding tert-OH is 1. The third-order valence-electron chi connectivity index (χ3n) is 2.65. The normalized spacial score (nSPS) is 15.4. The number of fused-ring (bicyclic) bond motifs is 1. The molecule has 1 aromatic carbocycles. The second-order valence-electron chi connectivity index (χ2n) is 3.75. The van der Waals surface area contributed by atoms with Gasteiger partial charge in [-0.3, -0.25) is 0 Å². The summed E-state index contributed by atoms with van der Waals surface area (Å²) in [7, 11) is 0. The highest BCUT2D eigenvalue weighted by Gasteiger charge is 2.24. The van der Waals surface area contributed by atoms with Gasteiger partial charge < -0.3 is 20.3 Å². The van der Waals surface area contributed by atoms with Crippen LogP contribution in [0.5, 0.6) is 11.5 Å². The lowest BCUT2D eigenvalue weighted by atomic mass is 9.98. The molecular weight excluding hydrogens is 232 g/mol. The first-order valence-corrected chi connectivity index (χ1v) is 5.21. The van der Waals surface area contributed by atoms with E-state index in [1.807, 2.05) is 0 Å². The Morgan fingerprint density at radius 3 is 2.35 bits per heavy atom. The fraction of sp³-hybridized carbons (Fsp3) is 0.455. The van der Waals surface area contributed by atoms with E-state index in [1.54, 1.807) is 0 Å². The van der Waals surface area contributed by atoms with Crippen molar-refractivity contribution in [2.45, 2.75) is 18.9 Å². The molecule has 4 nitrogen and oxygen atoms in total. The average molecular weight is 245 g/mol. The van der Waals surface area contributed by atoms with E-state index in [2.05, 4.69) is 0 Å². The van der Waals surface area contributed by atoms with Crippen molar-refractivity contribution in [3.05, 3.63) is 23.3 Å². The molecule has 17 heavy (non-hydrogen) atoms. The summed E-state index contributed by atoms with van der Waals surface area (Å²) in [6, 6.07) is 2.07. The van der Waals surface area contributed by atoms with E-state index < -0.39 is 12.5 Å². The third-order valence-corrected chi connectivity index (χ3v) is 2.65. The second-order valence-corrected chi connectivity index (χ2v) is 3.75. The van der Waals surface area contributed by atoms with Gasteiger partial charge in [0.2, 0.25) is 6.79 Å². The van der Waals surface area contributed by atoms with Gasteiger partial charge in [-0.2, -0.15) is 0 Å². The van der Waals surface area contributed by atoms with Gasteiger partial charge in [-0.05, 0) is 24.1 Å². The number of alkyl halides is 2. The Hall–Kier alpha value is -1.40. The number of rotatable bonds is 4. The van der Waals surface area contributed by atoms with Crippen molar-refractivity contribution in [2.24, 2.45) is 5.73 Å². The highest BCUT2D eigenvalue weighted by molar-refractivity contribution is 5.50. The molecule has 1 aromatic rings. The summed E-state index contributed by atoms with van der Waals surface area (Å²) in [5, 5.41) is 8.80. The fourth-order valence-corrected chi connectivity index (χ4v) is 1.78. The molecule has 0 radical (unpaired) electrons. The summed E-state index contributed by atoms with van der Waals surface area (Å²) in [6.07, 6.45) is -2.41. The van der Waals surface area contributed by atoms with Gasteiger partial charge in [0, 0.05) is 18.2 Å². The van der Waals surface area contributed by atoms with Crippen LogP contribution in [-0.2, 0) is 0 Å². The van der Waals surface area contributed by atoms with Gasteiger partial charge in [0.15, 0.2) is 11.5 Å². The maximum Gasteiger partial charge on any atom is 0.264 e. The quantitative estimate of drug-likeness (QED) is 0.848. The Labute approximate surface area is 96.9 Å². The van der Waals surface area contributed by atoms with Crippen LogP contribution in [0, 0.1) is 0 Å². The van der Waals surface area contributed by atoms with Gasteiger partial charge in [-0.25, -0.2) is 8.78 Å². The number of hydrogen-bond donors (Lipinski definition) is 2. The van der Waals surface area contributed by atoms with Gasteiger partial charge in [0.05, 0.1) is 0 Å². The first-order valence-electron chi connectivity index (χ1n) is 5.21. The molecule has 1 unspecified atom stereocenters. The van der Waals surface area contributed by atoms with Crippen molar-refractivity contribution in [1.82, 2.24) is 0 Å². The van der Waals surface area contributed by atoms with Crippen LogP contribution in [0.25, 0.3) is 0 Å². The summed E-state index contributed by atoms with van der Waals surface area (Å²) in [4.78, 5) is 0. The van der Waals surface area contributed by atoms with E-state index in [1.165, 1.54) is 12.1 Å². The molecule has 2 rings (SSSR count). The van der Waals surface area contributed by atoms with Gasteiger partial charge in [-0.1, -0.05) is 0 Å². The van der Waals surface area contributed by atoms with Gasteiger partial charge in [-0.15, -0.1) is 0 Å². The minimum Gasteiger partial charge on any atom is -0.454 e. The Morgan fingerprint density at radius 1 is 1.24 bits per heavy atom. The number of benzene rings is 1. The highest BCUT2D eigenvalue weighted by atomic mass is 19.3. The van der Waals surface area contributed by atoms with Crippen molar-refractivity contribution >= 4 is 0 Å². The van der Waals surface area contributed by atoms with E-state index >= 15 is 0 Å². The van der Waals surface area contributed by atoms with Crippen LogP contribution in [0.3, 0.4) is 0 Å². The number of aliphatic hydroxyl groups is 1. The molecule has 94 valence electrons. The Morgan fingerprint density at radius 2 is 1.82 bits per heavy atom. The number of hydrogen-bond acceptors (Lipinski definition) is 4. The van der Waals surface area contributed by atoms with Crippen LogP contribution in [0.1, 0.15) is 30.0 Å². The van der Waals surface area contributed by atoms with E-state index in [-0.39, 0.29) is 25.4 Å². The van der Waals surface area contributed by atoms with Gasteiger partial charge in [0.25, 0.3) is 6.43 Å².